The topological polar surface area (TPSA) is 29.5 Å². The molecule has 1 aromatic rings. The first-order chi connectivity index (χ1) is 7.84. The van der Waals surface area contributed by atoms with Gasteiger partial charge in [-0.2, -0.15) is 0 Å². The molecule has 3 heteroatoms. The molecule has 1 rings (SSSR count). The molecule has 17 heavy (non-hydrogen) atoms. The van der Waals surface area contributed by atoms with Crippen LogP contribution in [0.25, 0.3) is 0 Å². The molecule has 1 aromatic carbocycles. The summed E-state index contributed by atoms with van der Waals surface area (Å²) in [7, 11) is 1.66. The van der Waals surface area contributed by atoms with Gasteiger partial charge in [-0.1, -0.05) is 25.4 Å². The lowest BCUT2D eigenvalue weighted by Gasteiger charge is -2.27. The Labute approximate surface area is 109 Å². The molecule has 0 saturated heterocycles. The Hall–Kier alpha value is -0.730. The highest BCUT2D eigenvalue weighted by molar-refractivity contribution is 6.30. The van der Waals surface area contributed by atoms with E-state index in [2.05, 4.69) is 13.8 Å². The average Bonchev–Trinajstić information content (AvgIpc) is 2.14. The van der Waals surface area contributed by atoms with Crippen LogP contribution in [0.2, 0.25) is 5.02 Å². The van der Waals surface area contributed by atoms with Crippen LogP contribution in [0, 0.1) is 5.41 Å². The van der Waals surface area contributed by atoms with Crippen LogP contribution in [-0.2, 0) is 6.42 Å². The van der Waals surface area contributed by atoms with Crippen molar-refractivity contribution >= 4 is 11.6 Å². The van der Waals surface area contributed by atoms with E-state index in [1.54, 1.807) is 7.11 Å². The lowest BCUT2D eigenvalue weighted by atomic mass is 9.81. The molecule has 0 spiro atoms. The van der Waals surface area contributed by atoms with Gasteiger partial charge in [0, 0.05) is 5.02 Å². The second kappa shape index (κ2) is 5.74. The molecule has 0 aliphatic heterocycles. The highest BCUT2D eigenvalue weighted by Gasteiger charge is 2.22. The van der Waals surface area contributed by atoms with Crippen molar-refractivity contribution in [3.63, 3.8) is 0 Å². The van der Waals surface area contributed by atoms with E-state index < -0.39 is 0 Å². The summed E-state index contributed by atoms with van der Waals surface area (Å²) in [6.45, 7) is 6.09. The number of halogens is 1. The van der Waals surface area contributed by atoms with Crippen LogP contribution in [0.5, 0.6) is 5.75 Å². The fourth-order valence-electron chi connectivity index (χ4n) is 2.27. The van der Waals surface area contributed by atoms with Crippen molar-refractivity contribution in [3.05, 3.63) is 28.8 Å². The fraction of sp³-hybridized carbons (Fsp3) is 0.571. The number of hydrogen-bond donors (Lipinski definition) is 1. The van der Waals surface area contributed by atoms with Crippen LogP contribution < -0.4 is 4.74 Å². The second-order valence-electron chi connectivity index (χ2n) is 5.35. The van der Waals surface area contributed by atoms with Crippen molar-refractivity contribution in [1.29, 1.82) is 0 Å². The van der Waals surface area contributed by atoms with E-state index in [1.165, 1.54) is 0 Å². The minimum Gasteiger partial charge on any atom is -0.496 e. The number of ether oxygens (including phenoxy) is 1. The molecule has 1 N–H and O–H groups in total. The molecular formula is C14H21ClO2. The molecule has 0 aliphatic rings. The molecule has 0 fully saturated rings. The molecular weight excluding hydrogens is 236 g/mol. The zero-order chi connectivity index (χ0) is 13.1. The lowest BCUT2D eigenvalue weighted by Crippen LogP contribution is -2.21. The van der Waals surface area contributed by atoms with Gasteiger partial charge in [-0.05, 0) is 48.9 Å². The van der Waals surface area contributed by atoms with Gasteiger partial charge < -0.3 is 9.84 Å². The van der Waals surface area contributed by atoms with E-state index in [0.29, 0.717) is 5.02 Å². The Morgan fingerprint density at radius 1 is 1.41 bits per heavy atom. The van der Waals surface area contributed by atoms with Crippen molar-refractivity contribution in [3.8, 4) is 5.75 Å². The molecule has 1 unspecified atom stereocenters. The predicted octanol–water partition coefficient (Wildman–Crippen LogP) is 3.69. The Kier molecular flexibility index (Phi) is 4.84. The zero-order valence-corrected chi connectivity index (χ0v) is 11.7. The van der Waals surface area contributed by atoms with Crippen molar-refractivity contribution in [1.82, 2.24) is 0 Å². The van der Waals surface area contributed by atoms with Crippen molar-refractivity contribution in [2.45, 2.75) is 39.7 Å². The predicted molar refractivity (Wildman–Crippen MR) is 71.8 cm³/mol. The Morgan fingerprint density at radius 2 is 2.06 bits per heavy atom. The number of benzene rings is 1. The monoisotopic (exact) mass is 256 g/mol. The average molecular weight is 257 g/mol. The third-order valence-electron chi connectivity index (χ3n) is 2.76. The Bertz CT molecular complexity index is 372. The largest absolute Gasteiger partial charge is 0.496 e. The van der Waals surface area contributed by atoms with Gasteiger partial charge in [0.2, 0.25) is 0 Å². The van der Waals surface area contributed by atoms with E-state index in [0.717, 1.165) is 24.2 Å². The number of methoxy groups -OCH3 is 1. The van der Waals surface area contributed by atoms with Gasteiger partial charge in [0.05, 0.1) is 13.2 Å². The lowest BCUT2D eigenvalue weighted by molar-refractivity contribution is 0.129. The molecule has 1 atom stereocenters. The first-order valence-corrected chi connectivity index (χ1v) is 6.22. The van der Waals surface area contributed by atoms with Crippen LogP contribution in [0.15, 0.2) is 18.2 Å². The summed E-state index contributed by atoms with van der Waals surface area (Å²) >= 11 is 6.00. The molecule has 0 aliphatic carbocycles. The van der Waals surface area contributed by atoms with E-state index in [4.69, 9.17) is 16.3 Å². The highest BCUT2D eigenvalue weighted by Crippen LogP contribution is 2.32. The van der Waals surface area contributed by atoms with Crippen LogP contribution in [0.4, 0.5) is 0 Å². The summed E-state index contributed by atoms with van der Waals surface area (Å²) in [4.78, 5) is 0. The summed E-state index contributed by atoms with van der Waals surface area (Å²) in [5.41, 5.74) is 1.11. The van der Waals surface area contributed by atoms with Gasteiger partial charge in [0.1, 0.15) is 5.75 Å². The van der Waals surface area contributed by atoms with Gasteiger partial charge in [0.25, 0.3) is 0 Å². The summed E-state index contributed by atoms with van der Waals surface area (Å²) in [5.74, 6) is 0.855. The normalized spacial score (nSPS) is 13.5. The second-order valence-corrected chi connectivity index (χ2v) is 5.79. The van der Waals surface area contributed by atoms with Crippen LogP contribution in [0.3, 0.4) is 0 Å². The van der Waals surface area contributed by atoms with Gasteiger partial charge in [0.15, 0.2) is 0 Å². The molecule has 0 radical (unpaired) electrons. The molecule has 2 nitrogen and oxygen atoms in total. The first-order valence-electron chi connectivity index (χ1n) is 5.84. The number of hydrogen-bond acceptors (Lipinski definition) is 2. The number of aliphatic hydroxyl groups is 1. The Morgan fingerprint density at radius 3 is 2.59 bits per heavy atom. The van der Waals surface area contributed by atoms with Gasteiger partial charge in [-0.15, -0.1) is 0 Å². The molecule has 0 amide bonds. The minimum absolute atomic E-state index is 0.0200. The summed E-state index contributed by atoms with van der Waals surface area (Å²) in [5, 5.41) is 10.2. The summed E-state index contributed by atoms with van der Waals surface area (Å²) in [6, 6.07) is 5.64. The summed E-state index contributed by atoms with van der Waals surface area (Å²) < 4.78 is 5.33. The van der Waals surface area contributed by atoms with Crippen molar-refractivity contribution < 1.29 is 9.84 Å². The number of rotatable bonds is 5. The van der Waals surface area contributed by atoms with Crippen LogP contribution in [-0.4, -0.2) is 18.3 Å². The first kappa shape index (κ1) is 14.3. The highest BCUT2D eigenvalue weighted by atomic mass is 35.5. The standard InChI is InChI=1S/C14H21ClO2/c1-10(16)8-14(2,3)9-11-7-12(15)5-6-13(11)17-4/h5-7,10,16H,8-9H2,1-4H3. The maximum atomic E-state index is 9.49. The molecule has 0 bridgehead atoms. The third-order valence-corrected chi connectivity index (χ3v) is 2.99. The maximum Gasteiger partial charge on any atom is 0.122 e. The minimum atomic E-state index is -0.296. The SMILES string of the molecule is COc1ccc(Cl)cc1CC(C)(C)CC(C)O. The van der Waals surface area contributed by atoms with Crippen LogP contribution >= 0.6 is 11.6 Å². The van der Waals surface area contributed by atoms with Crippen LogP contribution in [0.1, 0.15) is 32.8 Å². The van der Waals surface area contributed by atoms with Gasteiger partial charge >= 0.3 is 0 Å². The Balaban J connectivity index is 2.89. The fourth-order valence-corrected chi connectivity index (χ4v) is 2.47. The summed E-state index contributed by atoms with van der Waals surface area (Å²) in [6.07, 6.45) is 1.29. The molecule has 0 heterocycles. The number of aliphatic hydroxyl groups excluding tert-OH is 1. The maximum absolute atomic E-state index is 9.49. The van der Waals surface area contributed by atoms with E-state index in [1.807, 2.05) is 25.1 Å². The van der Waals surface area contributed by atoms with Gasteiger partial charge in [-0.25, -0.2) is 0 Å². The smallest absolute Gasteiger partial charge is 0.122 e. The van der Waals surface area contributed by atoms with Crippen molar-refractivity contribution in [2.75, 3.05) is 7.11 Å². The van der Waals surface area contributed by atoms with Crippen molar-refractivity contribution in [2.24, 2.45) is 5.41 Å². The quantitative estimate of drug-likeness (QED) is 0.871. The molecule has 0 saturated carbocycles. The van der Waals surface area contributed by atoms with E-state index in [9.17, 15) is 5.11 Å². The van der Waals surface area contributed by atoms with E-state index >= 15 is 0 Å². The van der Waals surface area contributed by atoms with E-state index in [-0.39, 0.29) is 11.5 Å². The molecule has 0 aromatic heterocycles. The molecule has 96 valence electrons. The zero-order valence-electron chi connectivity index (χ0n) is 11.0. The third kappa shape index (κ3) is 4.57. The van der Waals surface area contributed by atoms with Gasteiger partial charge in [-0.3, -0.25) is 0 Å².